The molecular formula is C13H26N2O2S. The molecule has 0 aromatic rings. The minimum atomic E-state index is -2.81. The standard InChI is InChI=1S/C13H26N2O2S/c1-11(2)15(9-12-5-3-7-14-12)13-6-4-8-18(16,17)10-13/h11-14H,3-10H2,1-2H3. The van der Waals surface area contributed by atoms with Crippen molar-refractivity contribution in [2.24, 2.45) is 0 Å². The van der Waals surface area contributed by atoms with Gasteiger partial charge in [-0.1, -0.05) is 0 Å². The Kier molecular flexibility index (Phi) is 4.67. The Morgan fingerprint density at radius 3 is 2.61 bits per heavy atom. The molecule has 2 saturated heterocycles. The molecule has 0 aromatic heterocycles. The zero-order valence-electron chi connectivity index (χ0n) is 11.6. The molecule has 0 bridgehead atoms. The van der Waals surface area contributed by atoms with E-state index in [0.717, 1.165) is 25.9 Å². The van der Waals surface area contributed by atoms with Crippen LogP contribution in [-0.4, -0.2) is 56.0 Å². The smallest absolute Gasteiger partial charge is 0.151 e. The number of nitrogens with one attached hydrogen (secondary N) is 1. The lowest BCUT2D eigenvalue weighted by Crippen LogP contribution is -2.51. The second-order valence-electron chi connectivity index (χ2n) is 5.99. The summed E-state index contributed by atoms with van der Waals surface area (Å²) in [4.78, 5) is 2.40. The number of hydrogen-bond acceptors (Lipinski definition) is 4. The maximum atomic E-state index is 11.8. The van der Waals surface area contributed by atoms with Gasteiger partial charge < -0.3 is 5.32 Å². The lowest BCUT2D eigenvalue weighted by Gasteiger charge is -2.38. The van der Waals surface area contributed by atoms with Crippen LogP contribution in [-0.2, 0) is 9.84 Å². The number of rotatable bonds is 4. The largest absolute Gasteiger partial charge is 0.313 e. The van der Waals surface area contributed by atoms with Crippen LogP contribution in [0.2, 0.25) is 0 Å². The molecule has 0 aromatic carbocycles. The fraction of sp³-hybridized carbons (Fsp3) is 1.00. The van der Waals surface area contributed by atoms with E-state index in [1.54, 1.807) is 0 Å². The first-order valence-corrected chi connectivity index (χ1v) is 8.99. The summed E-state index contributed by atoms with van der Waals surface area (Å²) in [5.41, 5.74) is 0. The summed E-state index contributed by atoms with van der Waals surface area (Å²) >= 11 is 0. The lowest BCUT2D eigenvalue weighted by atomic mass is 10.1. The minimum Gasteiger partial charge on any atom is -0.313 e. The van der Waals surface area contributed by atoms with Crippen LogP contribution in [0.1, 0.15) is 39.5 Å². The Morgan fingerprint density at radius 2 is 2.06 bits per heavy atom. The molecule has 4 nitrogen and oxygen atoms in total. The van der Waals surface area contributed by atoms with E-state index in [2.05, 4.69) is 24.1 Å². The summed E-state index contributed by atoms with van der Waals surface area (Å²) in [6, 6.07) is 1.20. The Hall–Kier alpha value is -0.130. The minimum absolute atomic E-state index is 0.228. The van der Waals surface area contributed by atoms with Crippen LogP contribution in [0, 0.1) is 0 Å². The Bertz CT molecular complexity index is 361. The SMILES string of the molecule is CC(C)N(CC1CCCN1)C1CCCS(=O)(=O)C1. The van der Waals surface area contributed by atoms with Gasteiger partial charge in [0.25, 0.3) is 0 Å². The molecule has 0 amide bonds. The average molecular weight is 274 g/mol. The van der Waals surface area contributed by atoms with Gasteiger partial charge in [-0.2, -0.15) is 0 Å². The quantitative estimate of drug-likeness (QED) is 0.832. The zero-order valence-corrected chi connectivity index (χ0v) is 12.4. The third-order valence-corrected chi connectivity index (χ3v) is 5.97. The molecule has 1 N–H and O–H groups in total. The van der Waals surface area contributed by atoms with E-state index in [-0.39, 0.29) is 6.04 Å². The number of hydrogen-bond donors (Lipinski definition) is 1. The fourth-order valence-electron chi connectivity index (χ4n) is 3.21. The Morgan fingerprint density at radius 1 is 1.28 bits per heavy atom. The zero-order chi connectivity index (χ0) is 13.2. The van der Waals surface area contributed by atoms with Gasteiger partial charge in [-0.3, -0.25) is 4.90 Å². The second-order valence-corrected chi connectivity index (χ2v) is 8.22. The summed E-state index contributed by atoms with van der Waals surface area (Å²) < 4.78 is 23.6. The highest BCUT2D eigenvalue weighted by Crippen LogP contribution is 2.21. The van der Waals surface area contributed by atoms with E-state index < -0.39 is 9.84 Å². The molecule has 106 valence electrons. The number of sulfone groups is 1. The Balaban J connectivity index is 2.00. The van der Waals surface area contributed by atoms with Crippen LogP contribution >= 0.6 is 0 Å². The lowest BCUT2D eigenvalue weighted by molar-refractivity contribution is 0.141. The van der Waals surface area contributed by atoms with Crippen LogP contribution in [0.4, 0.5) is 0 Å². The molecule has 2 unspecified atom stereocenters. The van der Waals surface area contributed by atoms with Gasteiger partial charge in [0.15, 0.2) is 9.84 Å². The van der Waals surface area contributed by atoms with E-state index in [1.165, 1.54) is 12.8 Å². The highest BCUT2D eigenvalue weighted by molar-refractivity contribution is 7.91. The van der Waals surface area contributed by atoms with Gasteiger partial charge in [0.05, 0.1) is 11.5 Å². The van der Waals surface area contributed by atoms with Gasteiger partial charge in [-0.15, -0.1) is 0 Å². The van der Waals surface area contributed by atoms with Crippen LogP contribution in [0.5, 0.6) is 0 Å². The molecule has 0 spiro atoms. The van der Waals surface area contributed by atoms with Gasteiger partial charge in [-0.25, -0.2) is 8.42 Å². The molecule has 2 rings (SSSR count). The third kappa shape index (κ3) is 3.68. The van der Waals surface area contributed by atoms with Crippen LogP contribution in [0.3, 0.4) is 0 Å². The van der Waals surface area contributed by atoms with E-state index in [4.69, 9.17) is 0 Å². The number of nitrogens with zero attached hydrogens (tertiary/aromatic N) is 1. The molecule has 0 radical (unpaired) electrons. The predicted octanol–water partition coefficient (Wildman–Crippen LogP) is 1.03. The normalized spacial score (nSPS) is 32.2. The van der Waals surface area contributed by atoms with Crippen molar-refractivity contribution < 1.29 is 8.42 Å². The molecule has 2 heterocycles. The molecule has 0 aliphatic carbocycles. The highest BCUT2D eigenvalue weighted by Gasteiger charge is 2.32. The molecule has 2 atom stereocenters. The topological polar surface area (TPSA) is 49.4 Å². The van der Waals surface area contributed by atoms with E-state index >= 15 is 0 Å². The van der Waals surface area contributed by atoms with Gasteiger partial charge in [-0.05, 0) is 46.1 Å². The monoisotopic (exact) mass is 274 g/mol. The summed E-state index contributed by atoms with van der Waals surface area (Å²) in [6.45, 7) is 6.46. The van der Waals surface area contributed by atoms with Crippen molar-refractivity contribution in [3.8, 4) is 0 Å². The maximum Gasteiger partial charge on any atom is 0.151 e. The molecule has 2 aliphatic heterocycles. The van der Waals surface area contributed by atoms with Crippen molar-refractivity contribution in [3.05, 3.63) is 0 Å². The summed E-state index contributed by atoms with van der Waals surface area (Å²) in [5.74, 6) is 0.745. The van der Waals surface area contributed by atoms with Crippen molar-refractivity contribution in [2.75, 3.05) is 24.6 Å². The predicted molar refractivity (Wildman–Crippen MR) is 74.5 cm³/mol. The first-order valence-electron chi connectivity index (χ1n) is 7.17. The van der Waals surface area contributed by atoms with E-state index in [1.807, 2.05) is 0 Å². The van der Waals surface area contributed by atoms with Crippen molar-refractivity contribution in [1.29, 1.82) is 0 Å². The summed E-state index contributed by atoms with van der Waals surface area (Å²) in [7, 11) is -2.81. The first kappa shape index (κ1) is 14.3. The third-order valence-electron chi connectivity index (χ3n) is 4.16. The fourth-order valence-corrected chi connectivity index (χ4v) is 4.93. The highest BCUT2D eigenvalue weighted by atomic mass is 32.2. The van der Waals surface area contributed by atoms with Crippen molar-refractivity contribution in [3.63, 3.8) is 0 Å². The van der Waals surface area contributed by atoms with Crippen molar-refractivity contribution in [1.82, 2.24) is 10.2 Å². The molecule has 2 fully saturated rings. The van der Waals surface area contributed by atoms with Gasteiger partial charge in [0.1, 0.15) is 0 Å². The van der Waals surface area contributed by atoms with Crippen LogP contribution in [0.15, 0.2) is 0 Å². The average Bonchev–Trinajstić information content (AvgIpc) is 2.76. The van der Waals surface area contributed by atoms with Crippen LogP contribution < -0.4 is 5.32 Å². The molecule has 5 heteroatoms. The maximum absolute atomic E-state index is 11.8. The summed E-state index contributed by atoms with van der Waals surface area (Å²) in [6.07, 6.45) is 4.33. The molecular weight excluding hydrogens is 248 g/mol. The van der Waals surface area contributed by atoms with Gasteiger partial charge in [0.2, 0.25) is 0 Å². The van der Waals surface area contributed by atoms with E-state index in [0.29, 0.717) is 23.6 Å². The van der Waals surface area contributed by atoms with Crippen molar-refractivity contribution >= 4 is 9.84 Å². The molecule has 2 aliphatic rings. The molecule has 0 saturated carbocycles. The Labute approximate surface area is 111 Å². The van der Waals surface area contributed by atoms with E-state index in [9.17, 15) is 8.42 Å². The van der Waals surface area contributed by atoms with Crippen LogP contribution in [0.25, 0.3) is 0 Å². The first-order chi connectivity index (χ1) is 8.48. The van der Waals surface area contributed by atoms with Crippen molar-refractivity contribution in [2.45, 2.75) is 57.7 Å². The van der Waals surface area contributed by atoms with Gasteiger partial charge in [0, 0.05) is 24.7 Å². The summed E-state index contributed by atoms with van der Waals surface area (Å²) in [5, 5.41) is 3.51. The van der Waals surface area contributed by atoms with Gasteiger partial charge >= 0.3 is 0 Å². The molecule has 18 heavy (non-hydrogen) atoms. The second kappa shape index (κ2) is 5.88.